The minimum atomic E-state index is -0.344. The van der Waals surface area contributed by atoms with E-state index in [0.29, 0.717) is 25.4 Å². The van der Waals surface area contributed by atoms with E-state index in [4.69, 9.17) is 4.74 Å². The van der Waals surface area contributed by atoms with Crippen LogP contribution >= 0.6 is 22.6 Å². The van der Waals surface area contributed by atoms with Crippen molar-refractivity contribution in [3.8, 4) is 0 Å². The quantitative estimate of drug-likeness (QED) is 0.831. The monoisotopic (exact) mass is 364 g/mol. The van der Waals surface area contributed by atoms with E-state index in [1.807, 2.05) is 27.5 Å². The first kappa shape index (κ1) is 13.7. The van der Waals surface area contributed by atoms with Crippen molar-refractivity contribution in [1.82, 2.24) is 4.90 Å². The zero-order chi connectivity index (χ0) is 13.0. The maximum Gasteiger partial charge on any atom is 0.238 e. The van der Waals surface area contributed by atoms with Crippen LogP contribution in [-0.4, -0.2) is 43.7 Å². The van der Waals surface area contributed by atoms with Crippen LogP contribution in [0.5, 0.6) is 0 Å². The fraction of sp³-hybridized carbons (Fsp3) is 0.417. The van der Waals surface area contributed by atoms with E-state index in [9.17, 15) is 9.18 Å². The van der Waals surface area contributed by atoms with Gasteiger partial charge in [0.2, 0.25) is 5.91 Å². The number of benzene rings is 1. The van der Waals surface area contributed by atoms with Gasteiger partial charge in [-0.1, -0.05) is 0 Å². The Morgan fingerprint density at radius 3 is 2.78 bits per heavy atom. The average Bonchev–Trinajstić information content (AvgIpc) is 2.28. The number of nitrogens with zero attached hydrogens (tertiary/aromatic N) is 1. The predicted octanol–water partition coefficient (Wildman–Crippen LogP) is 1.70. The number of halogens is 2. The average molecular weight is 364 g/mol. The Labute approximate surface area is 119 Å². The fourth-order valence-corrected chi connectivity index (χ4v) is 2.42. The van der Waals surface area contributed by atoms with E-state index in [0.717, 1.165) is 16.7 Å². The number of rotatable bonds is 3. The van der Waals surface area contributed by atoms with Gasteiger partial charge >= 0.3 is 0 Å². The SMILES string of the molecule is O=C(CN1CCOCC1)Nc1cc(F)cc(I)c1. The highest BCUT2D eigenvalue weighted by Crippen LogP contribution is 2.15. The van der Waals surface area contributed by atoms with Gasteiger partial charge in [0.15, 0.2) is 0 Å². The van der Waals surface area contributed by atoms with E-state index in [2.05, 4.69) is 5.32 Å². The Bertz CT molecular complexity index is 416. The minimum Gasteiger partial charge on any atom is -0.379 e. The van der Waals surface area contributed by atoms with Crippen LogP contribution in [0.2, 0.25) is 0 Å². The number of nitrogens with one attached hydrogen (secondary N) is 1. The second-order valence-electron chi connectivity index (χ2n) is 4.09. The first-order valence-electron chi connectivity index (χ1n) is 5.69. The highest BCUT2D eigenvalue weighted by atomic mass is 127. The van der Waals surface area contributed by atoms with E-state index in [1.54, 1.807) is 6.07 Å². The topological polar surface area (TPSA) is 41.6 Å². The third-order valence-corrected chi connectivity index (χ3v) is 3.24. The molecule has 1 aromatic carbocycles. The van der Waals surface area contributed by atoms with E-state index < -0.39 is 0 Å². The highest BCUT2D eigenvalue weighted by Gasteiger charge is 2.14. The summed E-state index contributed by atoms with van der Waals surface area (Å²) in [4.78, 5) is 13.8. The van der Waals surface area contributed by atoms with Gasteiger partial charge in [0.05, 0.1) is 19.8 Å². The van der Waals surface area contributed by atoms with Crippen molar-refractivity contribution in [2.45, 2.75) is 0 Å². The number of ether oxygens (including phenoxy) is 1. The van der Waals surface area contributed by atoms with Gasteiger partial charge in [0.1, 0.15) is 5.82 Å². The van der Waals surface area contributed by atoms with E-state index in [1.165, 1.54) is 12.1 Å². The van der Waals surface area contributed by atoms with Crippen LogP contribution in [0.4, 0.5) is 10.1 Å². The molecular formula is C12H14FIN2O2. The molecule has 6 heteroatoms. The van der Waals surface area contributed by atoms with Gasteiger partial charge < -0.3 is 10.1 Å². The lowest BCUT2D eigenvalue weighted by atomic mass is 10.3. The molecule has 1 aromatic rings. The zero-order valence-corrected chi connectivity index (χ0v) is 11.9. The van der Waals surface area contributed by atoms with Crippen molar-refractivity contribution in [1.29, 1.82) is 0 Å². The molecule has 4 nitrogen and oxygen atoms in total. The summed E-state index contributed by atoms with van der Waals surface area (Å²) in [5.74, 6) is -0.470. The molecule has 1 fully saturated rings. The maximum absolute atomic E-state index is 13.2. The summed E-state index contributed by atoms with van der Waals surface area (Å²) in [5, 5.41) is 2.70. The summed E-state index contributed by atoms with van der Waals surface area (Å²) in [6.07, 6.45) is 0. The smallest absolute Gasteiger partial charge is 0.238 e. The molecule has 1 heterocycles. The van der Waals surface area contributed by atoms with Crippen LogP contribution in [0.25, 0.3) is 0 Å². The van der Waals surface area contributed by atoms with E-state index in [-0.39, 0.29) is 11.7 Å². The molecular weight excluding hydrogens is 350 g/mol. The van der Waals surface area contributed by atoms with Crippen molar-refractivity contribution < 1.29 is 13.9 Å². The van der Waals surface area contributed by atoms with Gasteiger partial charge in [-0.05, 0) is 40.8 Å². The summed E-state index contributed by atoms with van der Waals surface area (Å²) in [6, 6.07) is 4.47. The Kier molecular flexibility index (Phi) is 4.90. The standard InChI is InChI=1S/C12H14FIN2O2/c13-9-5-10(14)7-11(6-9)15-12(17)8-16-1-3-18-4-2-16/h5-7H,1-4,8H2,(H,15,17). The Hall–Kier alpha value is -0.730. The van der Waals surface area contributed by atoms with Crippen LogP contribution in [-0.2, 0) is 9.53 Å². The molecule has 0 aliphatic carbocycles. The van der Waals surface area contributed by atoms with Gasteiger partial charge in [0.25, 0.3) is 0 Å². The number of carbonyl (C=O) groups is 1. The molecule has 1 aliphatic rings. The first-order chi connectivity index (χ1) is 8.63. The number of hydrogen-bond acceptors (Lipinski definition) is 3. The largest absolute Gasteiger partial charge is 0.379 e. The van der Waals surface area contributed by atoms with Crippen molar-refractivity contribution in [2.75, 3.05) is 38.2 Å². The number of morpholine rings is 1. The second kappa shape index (κ2) is 6.44. The molecule has 0 bridgehead atoms. The predicted molar refractivity (Wildman–Crippen MR) is 75.0 cm³/mol. The molecule has 0 saturated carbocycles. The third-order valence-electron chi connectivity index (χ3n) is 2.62. The molecule has 1 aliphatic heterocycles. The van der Waals surface area contributed by atoms with Gasteiger partial charge in [-0.15, -0.1) is 0 Å². The summed E-state index contributed by atoms with van der Waals surface area (Å²) in [5.41, 5.74) is 0.498. The lowest BCUT2D eigenvalue weighted by Gasteiger charge is -2.25. The molecule has 1 amide bonds. The lowest BCUT2D eigenvalue weighted by molar-refractivity contribution is -0.118. The van der Waals surface area contributed by atoms with Crippen LogP contribution in [0.15, 0.2) is 18.2 Å². The summed E-state index contributed by atoms with van der Waals surface area (Å²) >= 11 is 2.01. The molecule has 1 saturated heterocycles. The number of amides is 1. The number of anilines is 1. The van der Waals surface area contributed by atoms with Crippen LogP contribution in [0.1, 0.15) is 0 Å². The molecule has 18 heavy (non-hydrogen) atoms. The molecule has 0 aromatic heterocycles. The Morgan fingerprint density at radius 2 is 2.11 bits per heavy atom. The van der Waals surface area contributed by atoms with Crippen molar-refractivity contribution in [3.05, 3.63) is 27.6 Å². The van der Waals surface area contributed by atoms with Gasteiger partial charge in [0, 0.05) is 22.3 Å². The molecule has 0 spiro atoms. The van der Waals surface area contributed by atoms with Crippen molar-refractivity contribution in [3.63, 3.8) is 0 Å². The van der Waals surface area contributed by atoms with E-state index >= 15 is 0 Å². The maximum atomic E-state index is 13.2. The van der Waals surface area contributed by atoms with Gasteiger partial charge in [-0.2, -0.15) is 0 Å². The van der Waals surface area contributed by atoms with Crippen LogP contribution in [0.3, 0.4) is 0 Å². The third kappa shape index (κ3) is 4.18. The van der Waals surface area contributed by atoms with Crippen LogP contribution < -0.4 is 5.32 Å². The molecule has 0 atom stereocenters. The molecule has 98 valence electrons. The Balaban J connectivity index is 1.89. The van der Waals surface area contributed by atoms with Crippen molar-refractivity contribution >= 4 is 34.2 Å². The first-order valence-corrected chi connectivity index (χ1v) is 6.77. The van der Waals surface area contributed by atoms with Crippen LogP contribution in [0, 0.1) is 9.39 Å². The number of carbonyl (C=O) groups excluding carboxylic acids is 1. The van der Waals surface area contributed by atoms with Crippen molar-refractivity contribution in [2.24, 2.45) is 0 Å². The van der Waals surface area contributed by atoms with Gasteiger partial charge in [-0.3, -0.25) is 9.69 Å². The fourth-order valence-electron chi connectivity index (χ4n) is 1.79. The highest BCUT2D eigenvalue weighted by molar-refractivity contribution is 14.1. The second-order valence-corrected chi connectivity index (χ2v) is 5.34. The lowest BCUT2D eigenvalue weighted by Crippen LogP contribution is -2.41. The molecule has 0 radical (unpaired) electrons. The summed E-state index contributed by atoms with van der Waals surface area (Å²) in [6.45, 7) is 3.15. The molecule has 0 unspecified atom stereocenters. The normalized spacial score (nSPS) is 16.6. The molecule has 2 rings (SSSR count). The zero-order valence-electron chi connectivity index (χ0n) is 9.79. The number of hydrogen-bond donors (Lipinski definition) is 1. The Morgan fingerprint density at radius 1 is 1.39 bits per heavy atom. The van der Waals surface area contributed by atoms with Gasteiger partial charge in [-0.25, -0.2) is 4.39 Å². The molecule has 1 N–H and O–H groups in total. The summed E-state index contributed by atoms with van der Waals surface area (Å²) in [7, 11) is 0. The minimum absolute atomic E-state index is 0.127. The summed E-state index contributed by atoms with van der Waals surface area (Å²) < 4.78 is 19.1.